The van der Waals surface area contributed by atoms with Crippen molar-refractivity contribution in [1.82, 2.24) is 9.78 Å². The molecule has 0 aliphatic heterocycles. The molecule has 1 aromatic heterocycles. The van der Waals surface area contributed by atoms with Crippen LogP contribution in [-0.2, 0) is 13.0 Å². The van der Waals surface area contributed by atoms with Gasteiger partial charge in [0.15, 0.2) is 0 Å². The summed E-state index contributed by atoms with van der Waals surface area (Å²) in [6, 6.07) is 0.260. The summed E-state index contributed by atoms with van der Waals surface area (Å²) in [5, 5.41) is 4.65. The highest BCUT2D eigenvalue weighted by Crippen LogP contribution is 2.16. The zero-order chi connectivity index (χ0) is 13.5. The number of hydrogen-bond acceptors (Lipinski definition) is 3. The van der Waals surface area contributed by atoms with Gasteiger partial charge in [-0.15, -0.1) is 0 Å². The number of nitrogens with two attached hydrogens (primary N) is 1. The smallest absolute Gasteiger partial charge is 0.0629 e. The summed E-state index contributed by atoms with van der Waals surface area (Å²) >= 11 is 2.00. The lowest BCUT2D eigenvalue weighted by Gasteiger charge is -2.09. The van der Waals surface area contributed by atoms with Gasteiger partial charge in [-0.05, 0) is 50.2 Å². The van der Waals surface area contributed by atoms with Crippen molar-refractivity contribution < 1.29 is 0 Å². The molecule has 1 unspecified atom stereocenters. The molecule has 18 heavy (non-hydrogen) atoms. The van der Waals surface area contributed by atoms with Gasteiger partial charge >= 0.3 is 0 Å². The molecule has 1 heterocycles. The third kappa shape index (κ3) is 4.32. The Hall–Kier alpha value is -0.480. The first-order valence-electron chi connectivity index (χ1n) is 6.96. The van der Waals surface area contributed by atoms with Crippen molar-refractivity contribution in [1.29, 1.82) is 0 Å². The second-order valence-corrected chi connectivity index (χ2v) is 6.19. The minimum atomic E-state index is 0.260. The summed E-state index contributed by atoms with van der Waals surface area (Å²) < 4.78 is 2.16. The molecule has 0 aliphatic carbocycles. The van der Waals surface area contributed by atoms with Gasteiger partial charge in [0.25, 0.3) is 0 Å². The van der Waals surface area contributed by atoms with Gasteiger partial charge < -0.3 is 5.73 Å². The third-order valence-electron chi connectivity index (χ3n) is 3.38. The average molecular weight is 269 g/mol. The Balaban J connectivity index is 2.62. The van der Waals surface area contributed by atoms with Crippen LogP contribution < -0.4 is 5.73 Å². The number of rotatable bonds is 8. The molecule has 0 fully saturated rings. The lowest BCUT2D eigenvalue weighted by Crippen LogP contribution is -2.22. The number of aromatic nitrogens is 2. The zero-order valence-corrected chi connectivity index (χ0v) is 13.0. The molecular weight excluding hydrogens is 242 g/mol. The van der Waals surface area contributed by atoms with Crippen molar-refractivity contribution in [3.05, 3.63) is 17.0 Å². The Morgan fingerprint density at radius 2 is 2.06 bits per heavy atom. The van der Waals surface area contributed by atoms with Crippen LogP contribution in [0.4, 0.5) is 0 Å². The Labute approximate surface area is 116 Å². The summed E-state index contributed by atoms with van der Waals surface area (Å²) in [5.74, 6) is 2.42. The minimum Gasteiger partial charge on any atom is -0.327 e. The number of aryl methyl sites for hydroxylation is 2. The van der Waals surface area contributed by atoms with E-state index >= 15 is 0 Å². The second kappa shape index (κ2) is 7.85. The van der Waals surface area contributed by atoms with Crippen molar-refractivity contribution in [2.45, 2.75) is 59.5 Å². The van der Waals surface area contributed by atoms with E-state index < -0.39 is 0 Å². The standard InChI is InChI=1S/C14H27N3S/c1-5-13(15)10-14-11(3)16-17(12(14)4)8-7-9-18-6-2/h13H,5-10,15H2,1-4H3. The van der Waals surface area contributed by atoms with Crippen LogP contribution in [-0.4, -0.2) is 27.3 Å². The Morgan fingerprint density at radius 3 is 2.67 bits per heavy atom. The molecule has 3 nitrogen and oxygen atoms in total. The largest absolute Gasteiger partial charge is 0.327 e. The van der Waals surface area contributed by atoms with Crippen LogP contribution in [0.3, 0.4) is 0 Å². The number of hydrogen-bond donors (Lipinski definition) is 1. The molecule has 0 aliphatic rings. The van der Waals surface area contributed by atoms with E-state index in [0.717, 1.165) is 25.1 Å². The SMILES string of the molecule is CCSCCCn1nc(C)c(CC(N)CC)c1C. The van der Waals surface area contributed by atoms with E-state index in [1.54, 1.807) is 0 Å². The maximum Gasteiger partial charge on any atom is 0.0629 e. The molecule has 1 atom stereocenters. The minimum absolute atomic E-state index is 0.260. The third-order valence-corrected chi connectivity index (χ3v) is 4.37. The molecule has 0 saturated heterocycles. The lowest BCUT2D eigenvalue weighted by atomic mass is 10.0. The summed E-state index contributed by atoms with van der Waals surface area (Å²) in [7, 11) is 0. The predicted octanol–water partition coefficient (Wildman–Crippen LogP) is 2.92. The van der Waals surface area contributed by atoms with Gasteiger partial charge in [0.2, 0.25) is 0 Å². The molecule has 1 rings (SSSR count). The van der Waals surface area contributed by atoms with Crippen molar-refractivity contribution in [2.75, 3.05) is 11.5 Å². The summed E-state index contributed by atoms with van der Waals surface area (Å²) in [4.78, 5) is 0. The fraction of sp³-hybridized carbons (Fsp3) is 0.786. The van der Waals surface area contributed by atoms with Crippen molar-refractivity contribution in [2.24, 2.45) is 5.73 Å². The van der Waals surface area contributed by atoms with Crippen molar-refractivity contribution in [3.8, 4) is 0 Å². The van der Waals surface area contributed by atoms with Gasteiger partial charge in [0.1, 0.15) is 0 Å². The quantitative estimate of drug-likeness (QED) is 0.738. The van der Waals surface area contributed by atoms with Crippen LogP contribution in [0.5, 0.6) is 0 Å². The first-order chi connectivity index (χ1) is 8.60. The number of thioether (sulfide) groups is 1. The predicted molar refractivity (Wildman–Crippen MR) is 81.3 cm³/mol. The summed E-state index contributed by atoms with van der Waals surface area (Å²) in [5.41, 5.74) is 9.86. The Kier molecular flexibility index (Phi) is 6.79. The second-order valence-electron chi connectivity index (χ2n) is 4.80. The van der Waals surface area contributed by atoms with Gasteiger partial charge in [-0.2, -0.15) is 16.9 Å². The molecule has 2 N–H and O–H groups in total. The monoisotopic (exact) mass is 269 g/mol. The van der Waals surface area contributed by atoms with Crippen LogP contribution in [0.25, 0.3) is 0 Å². The highest BCUT2D eigenvalue weighted by atomic mass is 32.2. The lowest BCUT2D eigenvalue weighted by molar-refractivity contribution is 0.583. The summed E-state index contributed by atoms with van der Waals surface area (Å²) in [6.07, 6.45) is 3.18. The highest BCUT2D eigenvalue weighted by molar-refractivity contribution is 7.99. The van der Waals surface area contributed by atoms with Gasteiger partial charge in [0, 0.05) is 18.3 Å². The fourth-order valence-electron chi connectivity index (χ4n) is 2.11. The van der Waals surface area contributed by atoms with E-state index in [1.807, 2.05) is 11.8 Å². The molecule has 0 radical (unpaired) electrons. The fourth-order valence-corrected chi connectivity index (χ4v) is 2.74. The van der Waals surface area contributed by atoms with E-state index in [1.165, 1.54) is 29.2 Å². The molecule has 4 heteroatoms. The molecule has 0 spiro atoms. The Bertz CT molecular complexity index is 360. The maximum atomic E-state index is 6.05. The molecule has 0 amide bonds. The molecule has 0 saturated carbocycles. The Morgan fingerprint density at radius 1 is 1.33 bits per heavy atom. The zero-order valence-electron chi connectivity index (χ0n) is 12.2. The van der Waals surface area contributed by atoms with Gasteiger partial charge in [-0.25, -0.2) is 0 Å². The van der Waals surface area contributed by atoms with Gasteiger partial charge in [0.05, 0.1) is 5.69 Å². The van der Waals surface area contributed by atoms with Crippen LogP contribution >= 0.6 is 11.8 Å². The highest BCUT2D eigenvalue weighted by Gasteiger charge is 2.13. The molecule has 0 aromatic carbocycles. The average Bonchev–Trinajstić information content (AvgIpc) is 2.62. The maximum absolute atomic E-state index is 6.05. The van der Waals surface area contributed by atoms with E-state index in [4.69, 9.17) is 5.73 Å². The van der Waals surface area contributed by atoms with Crippen molar-refractivity contribution >= 4 is 11.8 Å². The first-order valence-corrected chi connectivity index (χ1v) is 8.11. The molecule has 1 aromatic rings. The van der Waals surface area contributed by atoms with E-state index in [2.05, 4.69) is 37.5 Å². The molecular formula is C14H27N3S. The van der Waals surface area contributed by atoms with Crippen LogP contribution in [0.15, 0.2) is 0 Å². The van der Waals surface area contributed by atoms with Crippen molar-refractivity contribution in [3.63, 3.8) is 0 Å². The van der Waals surface area contributed by atoms with E-state index in [0.29, 0.717) is 0 Å². The van der Waals surface area contributed by atoms with Crippen LogP contribution in [0.2, 0.25) is 0 Å². The van der Waals surface area contributed by atoms with Crippen LogP contribution in [0, 0.1) is 13.8 Å². The molecule has 104 valence electrons. The van der Waals surface area contributed by atoms with Crippen LogP contribution in [0.1, 0.15) is 43.6 Å². The first kappa shape index (κ1) is 15.6. The number of nitrogens with zero attached hydrogens (tertiary/aromatic N) is 2. The van der Waals surface area contributed by atoms with Gasteiger partial charge in [-0.3, -0.25) is 4.68 Å². The van der Waals surface area contributed by atoms with E-state index in [-0.39, 0.29) is 6.04 Å². The molecule has 0 bridgehead atoms. The van der Waals surface area contributed by atoms with Gasteiger partial charge in [-0.1, -0.05) is 13.8 Å². The summed E-state index contributed by atoms with van der Waals surface area (Å²) in [6.45, 7) is 9.65. The topological polar surface area (TPSA) is 43.8 Å². The van der Waals surface area contributed by atoms with E-state index in [9.17, 15) is 0 Å². The normalized spacial score (nSPS) is 12.9.